The van der Waals surface area contributed by atoms with Gasteiger partial charge in [0.05, 0.1) is 11.4 Å². The monoisotopic (exact) mass is 285 g/mol. The molecule has 2 saturated carbocycles. The summed E-state index contributed by atoms with van der Waals surface area (Å²) in [5.74, 6) is 0.791. The van der Waals surface area contributed by atoms with Crippen LogP contribution in [-0.2, 0) is 15.7 Å². The average Bonchev–Trinajstić information content (AvgIpc) is 2.65. The first-order chi connectivity index (χ1) is 8.75. The number of fused-ring (bicyclic) bond motifs is 2. The van der Waals surface area contributed by atoms with E-state index in [4.69, 9.17) is 4.74 Å². The zero-order valence-corrected chi connectivity index (χ0v) is 13.8. The highest BCUT2D eigenvalue weighted by atomic mass is 32.2. The summed E-state index contributed by atoms with van der Waals surface area (Å²) in [5.41, 5.74) is 0.307. The lowest BCUT2D eigenvalue weighted by Crippen LogP contribution is -2.42. The minimum Gasteiger partial charge on any atom is -0.380 e. The summed E-state index contributed by atoms with van der Waals surface area (Å²) in [6, 6.07) is 0. The molecule has 19 heavy (non-hydrogen) atoms. The largest absolute Gasteiger partial charge is 0.380 e. The Hall–Kier alpha value is -0.220. The first-order valence-corrected chi connectivity index (χ1v) is 8.40. The molecule has 0 radical (unpaired) electrons. The van der Waals surface area contributed by atoms with Crippen molar-refractivity contribution in [2.45, 2.75) is 58.8 Å². The molecule has 2 bridgehead atoms. The molecule has 0 heterocycles. The van der Waals surface area contributed by atoms with Gasteiger partial charge in [-0.15, -0.1) is 0 Å². The summed E-state index contributed by atoms with van der Waals surface area (Å²) in [6.45, 7) is 11.0. The minimum absolute atomic E-state index is 0.0498. The highest BCUT2D eigenvalue weighted by molar-refractivity contribution is 7.84. The summed E-state index contributed by atoms with van der Waals surface area (Å²) in [5, 5.41) is 0.0498. The lowest BCUT2D eigenvalue weighted by atomic mass is 9.70. The van der Waals surface area contributed by atoms with Crippen molar-refractivity contribution in [2.75, 3.05) is 7.11 Å². The van der Waals surface area contributed by atoms with Crippen molar-refractivity contribution >= 4 is 17.2 Å². The van der Waals surface area contributed by atoms with E-state index in [9.17, 15) is 4.21 Å². The fourth-order valence-electron chi connectivity index (χ4n) is 4.11. The Balaban J connectivity index is 2.30. The van der Waals surface area contributed by atoms with Crippen LogP contribution < -0.4 is 0 Å². The lowest BCUT2D eigenvalue weighted by molar-refractivity contribution is -0.0181. The van der Waals surface area contributed by atoms with Gasteiger partial charge in [0.2, 0.25) is 0 Å². The fraction of sp³-hybridized carbons (Fsp3) is 0.933. The number of ether oxygens (including phenoxy) is 1. The van der Waals surface area contributed by atoms with Crippen LogP contribution in [0.1, 0.15) is 47.5 Å². The molecule has 110 valence electrons. The van der Waals surface area contributed by atoms with Gasteiger partial charge in [-0.1, -0.05) is 34.6 Å². The second kappa shape index (κ2) is 4.96. The lowest BCUT2D eigenvalue weighted by Gasteiger charge is -2.38. The smallest absolute Gasteiger partial charge is 0.145 e. The molecular formula is C15H27NO2S. The Bertz CT molecular complexity index is 405. The standard InChI is InChI=1S/C15H27NO2S/c1-10(2)9-16-19(17)12-11-7-8-15(5,13(12)18-6)14(11,3)4/h9-13H,7-8H2,1-6H3/b16-9+/t11-,12-,13-,15+,19-/m1/s1. The van der Waals surface area contributed by atoms with Gasteiger partial charge in [-0.25, -0.2) is 4.21 Å². The quantitative estimate of drug-likeness (QED) is 0.744. The second-order valence-corrected chi connectivity index (χ2v) is 8.49. The van der Waals surface area contributed by atoms with Crippen LogP contribution in [0.5, 0.6) is 0 Å². The van der Waals surface area contributed by atoms with Crippen LogP contribution in [-0.4, -0.2) is 28.9 Å². The van der Waals surface area contributed by atoms with Crippen LogP contribution >= 0.6 is 0 Å². The summed E-state index contributed by atoms with van der Waals surface area (Å²) in [6.07, 6.45) is 4.19. The van der Waals surface area contributed by atoms with E-state index in [0.717, 1.165) is 6.42 Å². The van der Waals surface area contributed by atoms with E-state index in [1.807, 2.05) is 6.21 Å². The van der Waals surface area contributed by atoms with E-state index in [0.29, 0.717) is 11.8 Å². The van der Waals surface area contributed by atoms with Crippen LogP contribution in [0.2, 0.25) is 0 Å². The van der Waals surface area contributed by atoms with E-state index < -0.39 is 11.0 Å². The maximum Gasteiger partial charge on any atom is 0.145 e. The van der Waals surface area contributed by atoms with Crippen LogP contribution in [0, 0.1) is 22.7 Å². The van der Waals surface area contributed by atoms with Gasteiger partial charge in [0.1, 0.15) is 11.0 Å². The van der Waals surface area contributed by atoms with Gasteiger partial charge in [-0.3, -0.25) is 0 Å². The Morgan fingerprint density at radius 3 is 2.53 bits per heavy atom. The number of hydrogen-bond acceptors (Lipinski definition) is 2. The van der Waals surface area contributed by atoms with Gasteiger partial charge >= 0.3 is 0 Å². The summed E-state index contributed by atoms with van der Waals surface area (Å²) in [7, 11) is 0.580. The summed E-state index contributed by atoms with van der Waals surface area (Å²) < 4.78 is 22.6. The molecule has 0 aromatic heterocycles. The van der Waals surface area contributed by atoms with Gasteiger partial charge < -0.3 is 4.74 Å². The molecular weight excluding hydrogens is 258 g/mol. The average molecular weight is 285 g/mol. The van der Waals surface area contributed by atoms with Crippen LogP contribution in [0.15, 0.2) is 4.40 Å². The SMILES string of the molecule is CO[C@@H]1[C@H]([S@@](=O)/N=C/C(C)C)[C@H]2CC[C@]1(C)C2(C)C. The van der Waals surface area contributed by atoms with Gasteiger partial charge in [-0.2, -0.15) is 4.40 Å². The molecule has 2 aliphatic rings. The maximum atomic E-state index is 12.6. The Morgan fingerprint density at radius 2 is 2.00 bits per heavy atom. The molecule has 0 saturated heterocycles. The topological polar surface area (TPSA) is 38.7 Å². The Morgan fingerprint density at radius 1 is 1.37 bits per heavy atom. The Labute approximate surface area is 119 Å². The highest BCUT2D eigenvalue weighted by Crippen LogP contribution is 2.67. The molecule has 0 spiro atoms. The van der Waals surface area contributed by atoms with Crippen molar-refractivity contribution in [3.8, 4) is 0 Å². The molecule has 4 heteroatoms. The van der Waals surface area contributed by atoms with E-state index in [1.54, 1.807) is 7.11 Å². The third kappa shape index (κ3) is 2.11. The van der Waals surface area contributed by atoms with Gasteiger partial charge in [-0.05, 0) is 30.1 Å². The number of hydrogen-bond donors (Lipinski definition) is 0. The van der Waals surface area contributed by atoms with E-state index in [-0.39, 0.29) is 22.2 Å². The molecule has 0 N–H and O–H groups in total. The molecule has 0 unspecified atom stereocenters. The Kier molecular flexibility index (Phi) is 3.96. The number of methoxy groups -OCH3 is 1. The van der Waals surface area contributed by atoms with Crippen molar-refractivity contribution in [2.24, 2.45) is 27.1 Å². The zero-order valence-electron chi connectivity index (χ0n) is 13.0. The van der Waals surface area contributed by atoms with E-state index in [1.165, 1.54) is 6.42 Å². The zero-order chi connectivity index (χ0) is 14.4. The van der Waals surface area contributed by atoms with Crippen molar-refractivity contribution in [3.63, 3.8) is 0 Å². The van der Waals surface area contributed by atoms with E-state index >= 15 is 0 Å². The summed E-state index contributed by atoms with van der Waals surface area (Å²) in [4.78, 5) is 0. The van der Waals surface area contributed by atoms with Crippen molar-refractivity contribution in [1.82, 2.24) is 0 Å². The van der Waals surface area contributed by atoms with Crippen LogP contribution in [0.3, 0.4) is 0 Å². The molecule has 0 aliphatic heterocycles. The third-order valence-corrected chi connectivity index (χ3v) is 7.02. The molecule has 2 aliphatic carbocycles. The molecule has 2 fully saturated rings. The molecule has 0 aromatic rings. The third-order valence-electron chi connectivity index (χ3n) is 5.65. The molecule has 3 nitrogen and oxygen atoms in total. The van der Waals surface area contributed by atoms with Gasteiger partial charge in [0.25, 0.3) is 0 Å². The second-order valence-electron chi connectivity index (χ2n) is 7.18. The molecule has 0 amide bonds. The fourth-order valence-corrected chi connectivity index (χ4v) is 6.00. The van der Waals surface area contributed by atoms with Crippen molar-refractivity contribution in [3.05, 3.63) is 0 Å². The molecule has 0 aromatic carbocycles. The normalized spacial score (nSPS) is 42.4. The van der Waals surface area contributed by atoms with Crippen LogP contribution in [0.25, 0.3) is 0 Å². The predicted molar refractivity (Wildman–Crippen MR) is 80.7 cm³/mol. The van der Waals surface area contributed by atoms with E-state index in [2.05, 4.69) is 39.0 Å². The first kappa shape index (κ1) is 15.2. The van der Waals surface area contributed by atoms with Crippen molar-refractivity contribution in [1.29, 1.82) is 0 Å². The number of nitrogens with zero attached hydrogens (tertiary/aromatic N) is 1. The summed E-state index contributed by atoms with van der Waals surface area (Å²) >= 11 is 0. The van der Waals surface area contributed by atoms with Crippen LogP contribution in [0.4, 0.5) is 0 Å². The van der Waals surface area contributed by atoms with Crippen molar-refractivity contribution < 1.29 is 8.95 Å². The molecule has 2 rings (SSSR count). The predicted octanol–water partition coefficient (Wildman–Crippen LogP) is 3.22. The number of rotatable bonds is 4. The highest BCUT2D eigenvalue weighted by Gasteiger charge is 2.68. The van der Waals surface area contributed by atoms with Gasteiger partial charge in [0.15, 0.2) is 0 Å². The maximum absolute atomic E-state index is 12.6. The minimum atomic E-state index is -1.17. The first-order valence-electron chi connectivity index (χ1n) is 7.23. The molecule has 5 atom stereocenters. The van der Waals surface area contributed by atoms with Gasteiger partial charge in [0, 0.05) is 18.7 Å².